The van der Waals surface area contributed by atoms with Gasteiger partial charge in [-0.25, -0.2) is 4.39 Å². The first kappa shape index (κ1) is 17.0. The van der Waals surface area contributed by atoms with Crippen molar-refractivity contribution in [3.8, 4) is 5.75 Å². The third-order valence-corrected chi connectivity index (χ3v) is 4.23. The van der Waals surface area contributed by atoms with Crippen LogP contribution in [0.4, 0.5) is 10.1 Å². The molecular formula is C19H19FN2O3. The van der Waals surface area contributed by atoms with Crippen LogP contribution in [-0.2, 0) is 16.1 Å². The topological polar surface area (TPSA) is 58.6 Å². The number of benzene rings is 2. The second-order valence-corrected chi connectivity index (χ2v) is 6.02. The number of ether oxygens (including phenoxy) is 1. The number of nitrogens with zero attached hydrogens (tertiary/aromatic N) is 1. The molecule has 1 atom stereocenters. The van der Waals surface area contributed by atoms with E-state index in [4.69, 9.17) is 4.74 Å². The predicted molar refractivity (Wildman–Crippen MR) is 91.5 cm³/mol. The minimum absolute atomic E-state index is 0.0702. The predicted octanol–water partition coefficient (Wildman–Crippen LogP) is 2.82. The lowest BCUT2D eigenvalue weighted by Crippen LogP contribution is -2.28. The molecule has 25 heavy (non-hydrogen) atoms. The van der Waals surface area contributed by atoms with Gasteiger partial charge in [0.15, 0.2) is 0 Å². The van der Waals surface area contributed by atoms with Gasteiger partial charge in [0.25, 0.3) is 0 Å². The smallest absolute Gasteiger partial charge is 0.229 e. The van der Waals surface area contributed by atoms with Gasteiger partial charge in [0.1, 0.15) is 11.6 Å². The lowest BCUT2D eigenvalue weighted by Gasteiger charge is -2.16. The molecule has 2 aromatic carbocycles. The van der Waals surface area contributed by atoms with Crippen LogP contribution in [0.5, 0.6) is 5.75 Å². The van der Waals surface area contributed by atoms with Gasteiger partial charge in [-0.05, 0) is 42.0 Å². The normalized spacial score (nSPS) is 16.8. The van der Waals surface area contributed by atoms with Gasteiger partial charge < -0.3 is 15.0 Å². The number of anilines is 1. The van der Waals surface area contributed by atoms with Crippen molar-refractivity contribution in [2.45, 2.75) is 13.0 Å². The Balaban J connectivity index is 1.59. The number of hydrogen-bond donors (Lipinski definition) is 1. The van der Waals surface area contributed by atoms with Crippen molar-refractivity contribution in [2.24, 2.45) is 5.92 Å². The molecule has 2 amide bonds. The Hall–Kier alpha value is -2.89. The standard InChI is InChI=1S/C19H19FN2O3/c1-25-17-8-6-16(7-9-17)21-19(24)14-10-18(23)22(12-14)11-13-2-4-15(20)5-3-13/h2-9,14H,10-12H2,1H3,(H,21,24)/t14-/m0/s1. The first-order valence-electron chi connectivity index (χ1n) is 8.02. The van der Waals surface area contributed by atoms with Gasteiger partial charge in [0.05, 0.1) is 13.0 Å². The molecule has 3 rings (SSSR count). The van der Waals surface area contributed by atoms with E-state index in [0.29, 0.717) is 24.5 Å². The van der Waals surface area contributed by atoms with E-state index in [0.717, 1.165) is 5.56 Å². The van der Waals surface area contributed by atoms with Crippen LogP contribution in [0.1, 0.15) is 12.0 Å². The number of rotatable bonds is 5. The highest BCUT2D eigenvalue weighted by Gasteiger charge is 2.34. The number of carbonyl (C=O) groups is 2. The number of carbonyl (C=O) groups excluding carboxylic acids is 2. The molecule has 1 aliphatic rings. The molecule has 0 saturated carbocycles. The van der Waals surface area contributed by atoms with Crippen LogP contribution in [0.2, 0.25) is 0 Å². The quantitative estimate of drug-likeness (QED) is 0.909. The molecule has 2 aromatic rings. The number of amides is 2. The van der Waals surface area contributed by atoms with Crippen LogP contribution < -0.4 is 10.1 Å². The number of halogens is 1. The Labute approximate surface area is 145 Å². The van der Waals surface area contributed by atoms with E-state index in [2.05, 4.69) is 5.32 Å². The minimum Gasteiger partial charge on any atom is -0.497 e. The van der Waals surface area contributed by atoms with Crippen molar-refractivity contribution in [3.63, 3.8) is 0 Å². The average Bonchev–Trinajstić information content (AvgIpc) is 2.98. The molecule has 0 spiro atoms. The van der Waals surface area contributed by atoms with Gasteiger partial charge in [-0.3, -0.25) is 9.59 Å². The first-order valence-corrected chi connectivity index (χ1v) is 8.02. The summed E-state index contributed by atoms with van der Waals surface area (Å²) in [6.45, 7) is 0.740. The van der Waals surface area contributed by atoms with Gasteiger partial charge in [-0.2, -0.15) is 0 Å². The number of hydrogen-bond acceptors (Lipinski definition) is 3. The van der Waals surface area contributed by atoms with E-state index in [-0.39, 0.29) is 24.1 Å². The number of methoxy groups -OCH3 is 1. The van der Waals surface area contributed by atoms with Crippen LogP contribution >= 0.6 is 0 Å². The van der Waals surface area contributed by atoms with Crippen molar-refractivity contribution in [3.05, 3.63) is 59.9 Å². The van der Waals surface area contributed by atoms with Crippen LogP contribution in [0.15, 0.2) is 48.5 Å². The molecule has 1 N–H and O–H groups in total. The summed E-state index contributed by atoms with van der Waals surface area (Å²) in [5, 5.41) is 2.82. The van der Waals surface area contributed by atoms with Crippen molar-refractivity contribution in [1.29, 1.82) is 0 Å². The number of nitrogens with one attached hydrogen (secondary N) is 1. The maximum absolute atomic E-state index is 13.0. The van der Waals surface area contributed by atoms with E-state index in [1.165, 1.54) is 12.1 Å². The zero-order valence-corrected chi connectivity index (χ0v) is 13.9. The SMILES string of the molecule is COc1ccc(NC(=O)[C@H]2CC(=O)N(Cc3ccc(F)cc3)C2)cc1. The maximum atomic E-state index is 13.0. The van der Waals surface area contributed by atoms with Gasteiger partial charge in [0.2, 0.25) is 11.8 Å². The van der Waals surface area contributed by atoms with E-state index >= 15 is 0 Å². The fourth-order valence-electron chi connectivity index (χ4n) is 2.83. The van der Waals surface area contributed by atoms with E-state index < -0.39 is 5.92 Å². The summed E-state index contributed by atoms with van der Waals surface area (Å²) in [6.07, 6.45) is 0.184. The Morgan fingerprint density at radius 3 is 2.52 bits per heavy atom. The summed E-state index contributed by atoms with van der Waals surface area (Å²) in [7, 11) is 1.58. The third kappa shape index (κ3) is 4.15. The second kappa shape index (κ2) is 7.34. The molecule has 0 radical (unpaired) electrons. The maximum Gasteiger partial charge on any atom is 0.229 e. The summed E-state index contributed by atoms with van der Waals surface area (Å²) in [5.41, 5.74) is 1.50. The summed E-state index contributed by atoms with van der Waals surface area (Å²) >= 11 is 0. The fourth-order valence-corrected chi connectivity index (χ4v) is 2.83. The molecule has 0 unspecified atom stereocenters. The number of likely N-dealkylation sites (tertiary alicyclic amines) is 1. The highest BCUT2D eigenvalue weighted by Crippen LogP contribution is 2.23. The van der Waals surface area contributed by atoms with Crippen molar-refractivity contribution < 1.29 is 18.7 Å². The first-order chi connectivity index (χ1) is 12.0. The van der Waals surface area contributed by atoms with Gasteiger partial charge >= 0.3 is 0 Å². The lowest BCUT2D eigenvalue weighted by atomic mass is 10.1. The van der Waals surface area contributed by atoms with Crippen LogP contribution in [0.25, 0.3) is 0 Å². The minimum atomic E-state index is -0.393. The largest absolute Gasteiger partial charge is 0.497 e. The second-order valence-electron chi connectivity index (χ2n) is 6.02. The van der Waals surface area contributed by atoms with E-state index in [9.17, 15) is 14.0 Å². The zero-order chi connectivity index (χ0) is 17.8. The van der Waals surface area contributed by atoms with E-state index in [1.54, 1.807) is 48.4 Å². The lowest BCUT2D eigenvalue weighted by molar-refractivity contribution is -0.128. The summed E-state index contributed by atoms with van der Waals surface area (Å²) in [6, 6.07) is 13.0. The monoisotopic (exact) mass is 342 g/mol. The molecule has 1 aliphatic heterocycles. The van der Waals surface area contributed by atoms with E-state index in [1.807, 2.05) is 0 Å². The Kier molecular flexibility index (Phi) is 4.97. The highest BCUT2D eigenvalue weighted by molar-refractivity contribution is 5.97. The molecule has 0 bridgehead atoms. The fraction of sp³-hybridized carbons (Fsp3) is 0.263. The summed E-state index contributed by atoms with van der Waals surface area (Å²) in [4.78, 5) is 26.2. The molecule has 0 aromatic heterocycles. The van der Waals surface area contributed by atoms with Crippen LogP contribution in [0.3, 0.4) is 0 Å². The Morgan fingerprint density at radius 2 is 1.88 bits per heavy atom. The zero-order valence-electron chi connectivity index (χ0n) is 13.9. The molecule has 1 saturated heterocycles. The molecule has 1 heterocycles. The molecule has 0 aliphatic carbocycles. The van der Waals surface area contributed by atoms with Crippen molar-refractivity contribution in [2.75, 3.05) is 19.0 Å². The van der Waals surface area contributed by atoms with Crippen LogP contribution in [0, 0.1) is 11.7 Å². The van der Waals surface area contributed by atoms with Crippen molar-refractivity contribution in [1.82, 2.24) is 4.90 Å². The van der Waals surface area contributed by atoms with Gasteiger partial charge in [-0.1, -0.05) is 12.1 Å². The highest BCUT2D eigenvalue weighted by atomic mass is 19.1. The molecule has 6 heteroatoms. The van der Waals surface area contributed by atoms with Gasteiger partial charge in [0, 0.05) is 25.2 Å². The third-order valence-electron chi connectivity index (χ3n) is 4.23. The molecule has 5 nitrogen and oxygen atoms in total. The molecule has 130 valence electrons. The summed E-state index contributed by atoms with van der Waals surface area (Å²) in [5.74, 6) is -0.248. The Morgan fingerprint density at radius 1 is 1.20 bits per heavy atom. The Bertz CT molecular complexity index is 759. The van der Waals surface area contributed by atoms with Crippen LogP contribution in [-0.4, -0.2) is 30.4 Å². The molecule has 1 fully saturated rings. The van der Waals surface area contributed by atoms with Crippen molar-refractivity contribution >= 4 is 17.5 Å². The average molecular weight is 342 g/mol. The summed E-state index contributed by atoms with van der Waals surface area (Å²) < 4.78 is 18.0. The molecular weight excluding hydrogens is 323 g/mol. The van der Waals surface area contributed by atoms with Gasteiger partial charge in [-0.15, -0.1) is 0 Å².